The number of benzene rings is 3. The normalized spacial score (nSPS) is 18.8. The Morgan fingerprint density at radius 3 is 1.62 bits per heavy atom. The first-order chi connectivity index (χ1) is 14.0. The topological polar surface area (TPSA) is 26.3 Å². The SMILES string of the molecule is CC1(C)CCC(=O)OC1C[Si](c1ccccc1)(c1ccccc1)c1ccccc1. The molecule has 2 nitrogen and oxygen atoms in total. The van der Waals surface area contributed by atoms with Crippen LogP contribution >= 0.6 is 0 Å². The van der Waals surface area contributed by atoms with Gasteiger partial charge in [-0.15, -0.1) is 0 Å². The van der Waals surface area contributed by atoms with Gasteiger partial charge in [0.05, 0.1) is 0 Å². The Balaban J connectivity index is 1.94. The Kier molecular flexibility index (Phi) is 5.42. The maximum absolute atomic E-state index is 12.2. The zero-order valence-corrected chi connectivity index (χ0v) is 18.2. The van der Waals surface area contributed by atoms with E-state index in [0.717, 1.165) is 12.5 Å². The molecule has 3 heteroatoms. The number of esters is 1. The van der Waals surface area contributed by atoms with Gasteiger partial charge in [0.2, 0.25) is 0 Å². The van der Waals surface area contributed by atoms with Gasteiger partial charge in [0.1, 0.15) is 6.10 Å². The summed E-state index contributed by atoms with van der Waals surface area (Å²) in [5.41, 5.74) is -0.0372. The van der Waals surface area contributed by atoms with E-state index < -0.39 is 8.07 Å². The summed E-state index contributed by atoms with van der Waals surface area (Å²) in [7, 11) is -2.41. The molecule has 0 amide bonds. The Morgan fingerprint density at radius 1 is 0.793 bits per heavy atom. The minimum atomic E-state index is -2.41. The molecule has 3 aromatic carbocycles. The van der Waals surface area contributed by atoms with Crippen molar-refractivity contribution in [2.24, 2.45) is 5.41 Å². The predicted octanol–water partition coefficient (Wildman–Crippen LogP) is 3.89. The Hall–Kier alpha value is -2.65. The van der Waals surface area contributed by atoms with Crippen molar-refractivity contribution >= 4 is 29.6 Å². The lowest BCUT2D eigenvalue weighted by molar-refractivity contribution is -0.162. The summed E-state index contributed by atoms with van der Waals surface area (Å²) in [5, 5.41) is 4.07. The minimum absolute atomic E-state index is 0.0372. The van der Waals surface area contributed by atoms with E-state index in [4.69, 9.17) is 4.74 Å². The number of hydrogen-bond donors (Lipinski definition) is 0. The third-order valence-electron chi connectivity index (χ3n) is 6.41. The number of hydrogen-bond acceptors (Lipinski definition) is 2. The van der Waals surface area contributed by atoms with Gasteiger partial charge in [-0.3, -0.25) is 4.79 Å². The van der Waals surface area contributed by atoms with Crippen LogP contribution in [0.3, 0.4) is 0 Å². The second kappa shape index (κ2) is 8.00. The van der Waals surface area contributed by atoms with Gasteiger partial charge in [-0.1, -0.05) is 105 Å². The second-order valence-corrected chi connectivity index (χ2v) is 12.6. The lowest BCUT2D eigenvalue weighted by Crippen LogP contribution is -2.69. The van der Waals surface area contributed by atoms with Crippen LogP contribution in [-0.4, -0.2) is 20.1 Å². The Bertz CT molecular complexity index is 855. The molecule has 1 heterocycles. The molecule has 1 aliphatic heterocycles. The third-order valence-corrected chi connectivity index (χ3v) is 11.4. The molecule has 1 fully saturated rings. The minimum Gasteiger partial charge on any atom is -0.462 e. The van der Waals surface area contributed by atoms with Crippen LogP contribution in [0.5, 0.6) is 0 Å². The monoisotopic (exact) mass is 400 g/mol. The highest BCUT2D eigenvalue weighted by Crippen LogP contribution is 2.38. The van der Waals surface area contributed by atoms with E-state index in [9.17, 15) is 4.79 Å². The number of rotatable bonds is 5. The molecule has 4 rings (SSSR count). The van der Waals surface area contributed by atoms with Crippen LogP contribution in [0.15, 0.2) is 91.0 Å². The summed E-state index contributed by atoms with van der Waals surface area (Å²) < 4.78 is 6.02. The molecule has 3 aromatic rings. The molecular formula is C26H28O2Si. The zero-order chi connectivity index (χ0) is 20.3. The zero-order valence-electron chi connectivity index (χ0n) is 17.2. The lowest BCUT2D eigenvalue weighted by Gasteiger charge is -2.43. The van der Waals surface area contributed by atoms with Crippen LogP contribution in [0.1, 0.15) is 26.7 Å². The van der Waals surface area contributed by atoms with Gasteiger partial charge in [0.15, 0.2) is 8.07 Å². The number of ether oxygens (including phenoxy) is 1. The summed E-state index contributed by atoms with van der Waals surface area (Å²) in [5.74, 6) is -0.0635. The number of carbonyl (C=O) groups is 1. The molecule has 148 valence electrons. The maximum Gasteiger partial charge on any atom is 0.306 e. The van der Waals surface area contributed by atoms with Crippen LogP contribution in [0.4, 0.5) is 0 Å². The molecule has 1 aliphatic rings. The number of carbonyl (C=O) groups excluding carboxylic acids is 1. The van der Waals surface area contributed by atoms with Gasteiger partial charge >= 0.3 is 5.97 Å². The highest BCUT2D eigenvalue weighted by atomic mass is 28.3. The molecule has 0 aliphatic carbocycles. The summed E-state index contributed by atoms with van der Waals surface area (Å²) in [6.07, 6.45) is 1.29. The van der Waals surface area contributed by atoms with Gasteiger partial charge in [-0.05, 0) is 28.0 Å². The predicted molar refractivity (Wildman–Crippen MR) is 122 cm³/mol. The smallest absolute Gasteiger partial charge is 0.306 e. The van der Waals surface area contributed by atoms with Crippen molar-refractivity contribution in [1.29, 1.82) is 0 Å². The van der Waals surface area contributed by atoms with Crippen LogP contribution in [0.25, 0.3) is 0 Å². The molecular weight excluding hydrogens is 372 g/mol. The molecule has 0 radical (unpaired) electrons. The molecule has 1 unspecified atom stereocenters. The van der Waals surface area contributed by atoms with Crippen molar-refractivity contribution in [2.75, 3.05) is 0 Å². The van der Waals surface area contributed by atoms with Crippen LogP contribution in [0.2, 0.25) is 6.04 Å². The van der Waals surface area contributed by atoms with E-state index in [1.807, 2.05) is 0 Å². The van der Waals surface area contributed by atoms with Crippen molar-refractivity contribution in [1.82, 2.24) is 0 Å². The molecule has 0 spiro atoms. The maximum atomic E-state index is 12.2. The first-order valence-electron chi connectivity index (χ1n) is 10.4. The highest BCUT2D eigenvalue weighted by molar-refractivity contribution is 7.11. The van der Waals surface area contributed by atoms with E-state index in [-0.39, 0.29) is 17.5 Å². The average Bonchev–Trinajstić information content (AvgIpc) is 2.76. The summed E-state index contributed by atoms with van der Waals surface area (Å²) >= 11 is 0. The van der Waals surface area contributed by atoms with E-state index in [1.165, 1.54) is 15.6 Å². The Morgan fingerprint density at radius 2 is 1.21 bits per heavy atom. The van der Waals surface area contributed by atoms with E-state index in [2.05, 4.69) is 105 Å². The first-order valence-corrected chi connectivity index (χ1v) is 12.6. The van der Waals surface area contributed by atoms with Gasteiger partial charge in [0.25, 0.3) is 0 Å². The van der Waals surface area contributed by atoms with Crippen molar-refractivity contribution in [3.63, 3.8) is 0 Å². The van der Waals surface area contributed by atoms with Crippen molar-refractivity contribution in [3.05, 3.63) is 91.0 Å². The quantitative estimate of drug-likeness (QED) is 0.369. The van der Waals surface area contributed by atoms with Crippen LogP contribution in [-0.2, 0) is 9.53 Å². The largest absolute Gasteiger partial charge is 0.462 e. The summed E-state index contributed by atoms with van der Waals surface area (Å²) in [6, 6.07) is 33.3. The fourth-order valence-corrected chi connectivity index (χ4v) is 9.76. The lowest BCUT2D eigenvalue weighted by atomic mass is 9.81. The number of cyclic esters (lactones) is 1. The van der Waals surface area contributed by atoms with E-state index in [1.54, 1.807) is 0 Å². The first kappa shape index (κ1) is 19.7. The standard InChI is InChI=1S/C26H28O2Si/c1-26(2)19-18-25(27)28-24(26)20-29(21-12-6-3-7-13-21,22-14-8-4-9-15-22)23-16-10-5-11-17-23/h3-17,24H,18-20H2,1-2H3. The highest BCUT2D eigenvalue weighted by Gasteiger charge is 2.47. The van der Waals surface area contributed by atoms with Gasteiger partial charge in [0, 0.05) is 11.8 Å². The second-order valence-electron chi connectivity index (χ2n) is 8.67. The van der Waals surface area contributed by atoms with Crippen LogP contribution in [0, 0.1) is 5.41 Å². The average molecular weight is 401 g/mol. The third kappa shape index (κ3) is 3.79. The molecule has 0 N–H and O–H groups in total. The molecule has 1 atom stereocenters. The van der Waals surface area contributed by atoms with Crippen molar-refractivity contribution < 1.29 is 9.53 Å². The molecule has 0 bridgehead atoms. The molecule has 0 aromatic heterocycles. The van der Waals surface area contributed by atoms with Gasteiger partial charge in [-0.25, -0.2) is 0 Å². The molecule has 0 saturated carbocycles. The van der Waals surface area contributed by atoms with Crippen molar-refractivity contribution in [3.8, 4) is 0 Å². The van der Waals surface area contributed by atoms with E-state index >= 15 is 0 Å². The Labute approximate surface area is 174 Å². The molecule has 1 saturated heterocycles. The van der Waals surface area contributed by atoms with Crippen molar-refractivity contribution in [2.45, 2.75) is 38.8 Å². The summed E-state index contributed by atoms with van der Waals surface area (Å²) in [6.45, 7) is 4.48. The fraction of sp³-hybridized carbons (Fsp3) is 0.269. The van der Waals surface area contributed by atoms with Gasteiger partial charge < -0.3 is 4.74 Å². The molecule has 29 heavy (non-hydrogen) atoms. The summed E-state index contributed by atoms with van der Waals surface area (Å²) in [4.78, 5) is 12.2. The van der Waals surface area contributed by atoms with Gasteiger partial charge in [-0.2, -0.15) is 0 Å². The fourth-order valence-electron chi connectivity index (χ4n) is 4.58. The van der Waals surface area contributed by atoms with Crippen LogP contribution < -0.4 is 15.6 Å². The van der Waals surface area contributed by atoms with E-state index in [0.29, 0.717) is 6.42 Å².